The van der Waals surface area contributed by atoms with E-state index in [9.17, 15) is 44.1 Å². The SMILES string of the molecule is CNN(C)Cc1cc2ccccc2n1CCC(=O)N[C@@H](CO)C(=O)NCCCCCC(=O)N(C)[C@@H](C)C(=O)O[C@H]1CC(=O)N(C)c2cc(cc(OC)c2Cl)C/C(C)=C/C=C/[C@@H](O)[C@@]2(O)C[C@H](OC(=O)N2)C2(C)C[C@@]1(C)O2. The number of nitrogens with one attached hydrogen (secondary N) is 4. The standard InChI is InChI=1S/C54H75ClN8O13/c1-33-16-15-19-42(65)54(72)29-44(75-51(71)59-54)53(4)32-52(3,76-53)43(28-47(68)62(8)40-25-35(24-33)26-41(73-9)48(40)55)74-50(70)34(2)61(7)46(67)20-11-10-14-22-57-49(69)38(31-64)58-45(66)21-23-63-37(30-60(6)56-5)27-36-17-12-13-18-39(36)63/h12-13,15-19,25-27,34,38,42-44,56,64-65,72H,10-11,14,20-24,28-32H2,1-9H3,(H,57,69)(H,58,66)(H,59,71)/b19-15+,33-16+/t34-,38-,42+,43-,44-,52+,53?,54-/m0/s1. The number of benzene rings is 2. The Kier molecular flexibility index (Phi) is 19.8. The molecule has 0 saturated carbocycles. The number of aryl methyl sites for hydroxylation is 1. The van der Waals surface area contributed by atoms with Gasteiger partial charge in [-0.2, -0.15) is 0 Å². The summed E-state index contributed by atoms with van der Waals surface area (Å²) < 4.78 is 25.9. The van der Waals surface area contributed by atoms with Gasteiger partial charge in [0.1, 0.15) is 52.4 Å². The van der Waals surface area contributed by atoms with Gasteiger partial charge < -0.3 is 59.3 Å². The van der Waals surface area contributed by atoms with Crippen LogP contribution in [-0.4, -0.2) is 161 Å². The van der Waals surface area contributed by atoms with Crippen molar-refractivity contribution >= 4 is 63.9 Å². The first-order chi connectivity index (χ1) is 35.9. The van der Waals surface area contributed by atoms with Crippen LogP contribution in [0.3, 0.4) is 0 Å². The molecule has 2 fully saturated rings. The summed E-state index contributed by atoms with van der Waals surface area (Å²) in [6.45, 7) is 7.27. The number of aliphatic hydroxyl groups is 3. The summed E-state index contributed by atoms with van der Waals surface area (Å²) >= 11 is 6.79. The van der Waals surface area contributed by atoms with E-state index in [2.05, 4.69) is 32.0 Å². The summed E-state index contributed by atoms with van der Waals surface area (Å²) in [5, 5.41) is 43.6. The number of fused-ring (bicyclic) bond motifs is 7. The smallest absolute Gasteiger partial charge is 0.409 e. The van der Waals surface area contributed by atoms with Gasteiger partial charge in [-0.15, -0.1) is 0 Å². The number of para-hydroxylation sites is 1. The zero-order valence-corrected chi connectivity index (χ0v) is 45.7. The van der Waals surface area contributed by atoms with Crippen LogP contribution in [0.1, 0.15) is 90.3 Å². The first-order valence-electron chi connectivity index (χ1n) is 25.6. The highest BCUT2D eigenvalue weighted by molar-refractivity contribution is 6.35. The molecular formula is C54H75ClN8O13. The minimum absolute atomic E-state index is 0.0668. The number of halogens is 1. The molecule has 0 spiro atoms. The minimum atomic E-state index is -2.13. The predicted octanol–water partition coefficient (Wildman–Crippen LogP) is 3.77. The van der Waals surface area contributed by atoms with Gasteiger partial charge in [0.25, 0.3) is 0 Å². The number of aromatic nitrogens is 1. The first-order valence-corrected chi connectivity index (χ1v) is 26.0. The number of hydrogen-bond acceptors (Lipinski definition) is 15. The molecule has 0 radical (unpaired) electrons. The van der Waals surface area contributed by atoms with E-state index in [1.165, 1.54) is 44.0 Å². The average Bonchev–Trinajstić information content (AvgIpc) is 3.72. The van der Waals surface area contributed by atoms with Crippen molar-refractivity contribution < 1.29 is 63.0 Å². The Labute approximate surface area is 448 Å². The van der Waals surface area contributed by atoms with Crippen LogP contribution in [0.15, 0.2) is 66.3 Å². The lowest BCUT2D eigenvalue weighted by Gasteiger charge is -2.59. The van der Waals surface area contributed by atoms with E-state index in [0.717, 1.165) is 27.7 Å². The number of aliphatic hydroxyl groups excluding tert-OH is 2. The quantitative estimate of drug-likeness (QED) is 0.0512. The maximum absolute atomic E-state index is 14.3. The van der Waals surface area contributed by atoms with Crippen molar-refractivity contribution in [3.8, 4) is 5.75 Å². The molecule has 7 N–H and O–H groups in total. The zero-order valence-electron chi connectivity index (χ0n) is 44.9. The number of alkyl carbamates (subject to hydrolysis) is 1. The van der Waals surface area contributed by atoms with E-state index in [1.54, 1.807) is 38.1 Å². The fourth-order valence-electron chi connectivity index (χ4n) is 10.00. The summed E-state index contributed by atoms with van der Waals surface area (Å²) in [5.74, 6) is -2.28. The maximum atomic E-state index is 14.3. The number of esters is 1. The molecule has 4 aliphatic heterocycles. The van der Waals surface area contributed by atoms with Crippen molar-refractivity contribution in [3.63, 3.8) is 0 Å². The number of carbonyl (C=O) groups is 6. The Morgan fingerprint density at radius 3 is 2.47 bits per heavy atom. The average molecular weight is 1080 g/mol. The molecule has 22 heteroatoms. The van der Waals surface area contributed by atoms with Gasteiger partial charge in [0.2, 0.25) is 23.6 Å². The highest BCUT2D eigenvalue weighted by Gasteiger charge is 2.63. The highest BCUT2D eigenvalue weighted by atomic mass is 35.5. The number of amides is 5. The second-order valence-electron chi connectivity index (χ2n) is 20.5. The van der Waals surface area contributed by atoms with Crippen LogP contribution in [0.4, 0.5) is 10.5 Å². The molecule has 2 aromatic carbocycles. The number of allylic oxidation sites excluding steroid dienone is 3. The lowest BCUT2D eigenvalue weighted by Crippen LogP contribution is -2.72. The highest BCUT2D eigenvalue weighted by Crippen LogP contribution is 2.50. The topological polar surface area (TPSA) is 263 Å². The van der Waals surface area contributed by atoms with E-state index in [-0.39, 0.29) is 49.1 Å². The van der Waals surface area contributed by atoms with Gasteiger partial charge in [-0.3, -0.25) is 29.9 Å². The van der Waals surface area contributed by atoms with Crippen LogP contribution >= 0.6 is 11.6 Å². The summed E-state index contributed by atoms with van der Waals surface area (Å²) in [6.07, 6.45) is 1.18. The van der Waals surface area contributed by atoms with E-state index in [0.29, 0.717) is 50.2 Å². The molecule has 7 rings (SSSR count). The minimum Gasteiger partial charge on any atom is -0.495 e. The lowest BCUT2D eigenvalue weighted by atomic mass is 9.72. The number of rotatable bonds is 19. The Balaban J connectivity index is 1.04. The number of unbranched alkanes of at least 4 members (excludes halogenated alkanes) is 2. The number of nitrogens with zero attached hydrogens (tertiary/aromatic N) is 4. The fraction of sp³-hybridized carbons (Fsp3) is 0.556. The van der Waals surface area contributed by atoms with Crippen molar-refractivity contribution in [2.45, 2.75) is 146 Å². The second-order valence-corrected chi connectivity index (χ2v) is 20.9. The van der Waals surface area contributed by atoms with Crippen LogP contribution in [0.5, 0.6) is 5.75 Å². The number of likely N-dealkylation sites (N-methyl/N-ethyl adjacent to an activating group) is 1. The summed E-state index contributed by atoms with van der Waals surface area (Å²) in [7, 11) is 8.21. The Morgan fingerprint density at radius 1 is 1.05 bits per heavy atom. The molecule has 76 heavy (non-hydrogen) atoms. The molecule has 21 nitrogen and oxygen atoms in total. The van der Waals surface area contributed by atoms with Crippen molar-refractivity contribution in [2.75, 3.05) is 53.4 Å². The third kappa shape index (κ3) is 14.1. The van der Waals surface area contributed by atoms with Gasteiger partial charge in [0, 0.05) is 71.1 Å². The molecule has 1 unspecified atom stereocenters. The number of ether oxygens (including phenoxy) is 4. The van der Waals surface area contributed by atoms with E-state index < -0.39 is 84.2 Å². The van der Waals surface area contributed by atoms with Gasteiger partial charge >= 0.3 is 12.1 Å². The predicted molar refractivity (Wildman–Crippen MR) is 284 cm³/mol. The van der Waals surface area contributed by atoms with Crippen molar-refractivity contribution in [2.24, 2.45) is 0 Å². The van der Waals surface area contributed by atoms with E-state index >= 15 is 0 Å². The molecule has 416 valence electrons. The van der Waals surface area contributed by atoms with Crippen molar-refractivity contribution in [1.29, 1.82) is 0 Å². The van der Waals surface area contributed by atoms with Crippen LogP contribution in [0.25, 0.3) is 10.9 Å². The van der Waals surface area contributed by atoms with Crippen LogP contribution in [0, 0.1) is 0 Å². The molecule has 5 heterocycles. The first kappa shape index (κ1) is 59.2. The van der Waals surface area contributed by atoms with Crippen molar-refractivity contribution in [3.05, 3.63) is 82.5 Å². The Morgan fingerprint density at radius 2 is 1.78 bits per heavy atom. The number of hydrogen-bond donors (Lipinski definition) is 7. The maximum Gasteiger partial charge on any atom is 0.409 e. The summed E-state index contributed by atoms with van der Waals surface area (Å²) in [5.41, 5.74) is 2.23. The Bertz CT molecular complexity index is 2670. The second kappa shape index (κ2) is 25.4. The molecular weight excluding hydrogens is 1000 g/mol. The fourth-order valence-corrected chi connectivity index (χ4v) is 10.3. The van der Waals surface area contributed by atoms with Gasteiger partial charge in [-0.05, 0) is 89.2 Å². The van der Waals surface area contributed by atoms with E-state index in [4.69, 9.17) is 30.5 Å². The summed E-state index contributed by atoms with van der Waals surface area (Å²) in [6, 6.07) is 11.2. The number of carbonyl (C=O) groups excluding carboxylic acids is 6. The molecule has 4 aliphatic rings. The molecule has 5 amide bonds. The van der Waals surface area contributed by atoms with Crippen LogP contribution in [-0.2, 0) is 57.7 Å². The summed E-state index contributed by atoms with van der Waals surface area (Å²) in [4.78, 5) is 83.3. The van der Waals surface area contributed by atoms with Gasteiger partial charge in [0.15, 0.2) is 5.72 Å². The van der Waals surface area contributed by atoms with Crippen LogP contribution in [0.2, 0.25) is 5.02 Å². The zero-order chi connectivity index (χ0) is 55.7. The Hall–Kier alpha value is -6.07. The number of anilines is 1. The third-order valence-corrected chi connectivity index (χ3v) is 15.0. The van der Waals surface area contributed by atoms with Gasteiger partial charge in [-0.1, -0.05) is 60.0 Å². The molecule has 0 aliphatic carbocycles. The molecule has 2 saturated heterocycles. The lowest BCUT2D eigenvalue weighted by molar-refractivity contribution is -0.328. The molecule has 6 bridgehead atoms. The number of hydrazine groups is 1. The number of methoxy groups -OCH3 is 1. The molecule has 3 aromatic rings. The van der Waals surface area contributed by atoms with Gasteiger partial charge in [0.05, 0.1) is 32.4 Å². The van der Waals surface area contributed by atoms with E-state index in [1.807, 2.05) is 50.3 Å². The molecule has 1 aromatic heterocycles. The largest absolute Gasteiger partial charge is 0.495 e. The monoisotopic (exact) mass is 1080 g/mol. The molecule has 8 atom stereocenters. The van der Waals surface area contributed by atoms with Crippen LogP contribution < -0.4 is 31.0 Å². The third-order valence-electron chi connectivity index (χ3n) is 14.7. The normalized spacial score (nSPS) is 25.7. The van der Waals surface area contributed by atoms with Crippen molar-refractivity contribution in [1.82, 2.24) is 35.9 Å². The van der Waals surface area contributed by atoms with Gasteiger partial charge in [-0.25, -0.2) is 14.6 Å².